The average Bonchev–Trinajstić information content (AvgIpc) is 2.26. The fourth-order valence-corrected chi connectivity index (χ4v) is 4.83. The molecule has 1 saturated heterocycles. The van der Waals surface area contributed by atoms with E-state index in [2.05, 4.69) is 63.5 Å². The monoisotopic (exact) mass is 300 g/mol. The summed E-state index contributed by atoms with van der Waals surface area (Å²) in [5, 5.41) is 5.26. The highest BCUT2D eigenvalue weighted by Crippen LogP contribution is 2.29. The molecule has 0 spiro atoms. The zero-order valence-corrected chi connectivity index (χ0v) is 15.4. The fraction of sp³-hybridized carbons (Fsp3) is 1.00. The van der Waals surface area contributed by atoms with E-state index in [4.69, 9.17) is 0 Å². The first-order valence-electron chi connectivity index (χ1n) is 8.43. The topological polar surface area (TPSA) is 15.3 Å². The highest BCUT2D eigenvalue weighted by molar-refractivity contribution is 8.00. The summed E-state index contributed by atoms with van der Waals surface area (Å²) in [6.07, 6.45) is 2.61. The molecule has 3 atom stereocenters. The van der Waals surface area contributed by atoms with Gasteiger partial charge in [-0.05, 0) is 24.3 Å². The van der Waals surface area contributed by atoms with Crippen molar-refractivity contribution >= 4 is 11.8 Å². The van der Waals surface area contributed by atoms with Gasteiger partial charge in [-0.25, -0.2) is 0 Å². The molecule has 1 aliphatic heterocycles. The molecule has 1 rings (SSSR count). The predicted octanol–water partition coefficient (Wildman–Crippen LogP) is 3.86. The van der Waals surface area contributed by atoms with Gasteiger partial charge >= 0.3 is 0 Å². The van der Waals surface area contributed by atoms with Crippen molar-refractivity contribution in [1.29, 1.82) is 0 Å². The van der Waals surface area contributed by atoms with Crippen molar-refractivity contribution in [3.63, 3.8) is 0 Å². The lowest BCUT2D eigenvalue weighted by Crippen LogP contribution is -2.48. The second-order valence-electron chi connectivity index (χ2n) is 7.54. The fourth-order valence-electron chi connectivity index (χ4n) is 3.44. The van der Waals surface area contributed by atoms with Gasteiger partial charge < -0.3 is 10.2 Å². The van der Waals surface area contributed by atoms with Crippen molar-refractivity contribution in [3.8, 4) is 0 Å². The van der Waals surface area contributed by atoms with Crippen LogP contribution in [0.15, 0.2) is 0 Å². The first-order chi connectivity index (χ1) is 9.34. The summed E-state index contributed by atoms with van der Waals surface area (Å²) in [4.78, 5) is 2.71. The molecule has 120 valence electrons. The molecular formula is C17H36N2S. The molecule has 0 bridgehead atoms. The quantitative estimate of drug-likeness (QED) is 0.732. The van der Waals surface area contributed by atoms with Crippen molar-refractivity contribution < 1.29 is 0 Å². The number of hydrogen-bond donors (Lipinski definition) is 1. The summed E-state index contributed by atoms with van der Waals surface area (Å²) in [6, 6.07) is 0. The third-order valence-electron chi connectivity index (χ3n) is 4.06. The van der Waals surface area contributed by atoms with Crippen LogP contribution in [0.5, 0.6) is 0 Å². The molecule has 1 aliphatic rings. The smallest absolute Gasteiger partial charge is 0.0149 e. The van der Waals surface area contributed by atoms with Crippen LogP contribution in [0.2, 0.25) is 0 Å². The van der Waals surface area contributed by atoms with Gasteiger partial charge in [0.05, 0.1) is 0 Å². The van der Waals surface area contributed by atoms with Crippen LogP contribution in [0, 0.1) is 11.3 Å². The van der Waals surface area contributed by atoms with E-state index in [0.29, 0.717) is 5.41 Å². The van der Waals surface area contributed by atoms with Crippen LogP contribution >= 0.6 is 11.8 Å². The van der Waals surface area contributed by atoms with E-state index >= 15 is 0 Å². The zero-order chi connectivity index (χ0) is 15.2. The SMILES string of the molecule is CCCC(C)(CNCC(C)C)CN1CC(C)SC(C)C1. The minimum atomic E-state index is 0.422. The van der Waals surface area contributed by atoms with E-state index < -0.39 is 0 Å². The van der Waals surface area contributed by atoms with Crippen molar-refractivity contribution in [2.45, 2.75) is 64.9 Å². The van der Waals surface area contributed by atoms with Crippen LogP contribution in [-0.4, -0.2) is 48.1 Å². The highest BCUT2D eigenvalue weighted by atomic mass is 32.2. The number of hydrogen-bond acceptors (Lipinski definition) is 3. The maximum absolute atomic E-state index is 3.69. The molecule has 0 radical (unpaired) electrons. The van der Waals surface area contributed by atoms with Crippen molar-refractivity contribution in [2.75, 3.05) is 32.7 Å². The zero-order valence-electron chi connectivity index (χ0n) is 14.5. The largest absolute Gasteiger partial charge is 0.316 e. The van der Waals surface area contributed by atoms with Crippen molar-refractivity contribution in [2.24, 2.45) is 11.3 Å². The Hall–Kier alpha value is 0.270. The third kappa shape index (κ3) is 6.82. The molecule has 0 aromatic heterocycles. The molecule has 2 nitrogen and oxygen atoms in total. The third-order valence-corrected chi connectivity index (χ3v) is 5.29. The lowest BCUT2D eigenvalue weighted by atomic mass is 9.84. The van der Waals surface area contributed by atoms with Gasteiger partial charge in [0.25, 0.3) is 0 Å². The van der Waals surface area contributed by atoms with Gasteiger partial charge in [-0.2, -0.15) is 11.8 Å². The van der Waals surface area contributed by atoms with Crippen LogP contribution in [-0.2, 0) is 0 Å². The summed E-state index contributed by atoms with van der Waals surface area (Å²) in [7, 11) is 0. The molecule has 0 aliphatic carbocycles. The Morgan fingerprint density at radius 1 is 1.25 bits per heavy atom. The Labute approximate surface area is 131 Å². The average molecular weight is 301 g/mol. The highest BCUT2D eigenvalue weighted by Gasteiger charge is 2.30. The van der Waals surface area contributed by atoms with Crippen LogP contribution in [0.3, 0.4) is 0 Å². The van der Waals surface area contributed by atoms with Gasteiger partial charge in [0.1, 0.15) is 0 Å². The van der Waals surface area contributed by atoms with Gasteiger partial charge in [-0.3, -0.25) is 0 Å². The standard InChI is InChI=1S/C17H36N2S/c1-7-8-17(6,12-18-9-14(2)3)13-19-10-15(4)20-16(5)11-19/h14-16,18H,7-13H2,1-6H3. The van der Waals surface area contributed by atoms with Gasteiger partial charge in [0.2, 0.25) is 0 Å². The van der Waals surface area contributed by atoms with Gasteiger partial charge in [0, 0.05) is 36.7 Å². The molecular weight excluding hydrogens is 264 g/mol. The molecule has 1 N–H and O–H groups in total. The first-order valence-corrected chi connectivity index (χ1v) is 9.37. The summed E-state index contributed by atoms with van der Waals surface area (Å²) in [5.41, 5.74) is 0.422. The second-order valence-corrected chi connectivity index (χ2v) is 9.42. The Balaban J connectivity index is 2.51. The number of nitrogens with one attached hydrogen (secondary N) is 1. The molecule has 3 unspecified atom stereocenters. The number of nitrogens with zero attached hydrogens (tertiary/aromatic N) is 1. The Kier molecular flexibility index (Phi) is 7.92. The van der Waals surface area contributed by atoms with Crippen LogP contribution < -0.4 is 5.32 Å². The summed E-state index contributed by atoms with van der Waals surface area (Å²) in [5.74, 6) is 0.743. The summed E-state index contributed by atoms with van der Waals surface area (Å²) in [6.45, 7) is 20.2. The molecule has 1 fully saturated rings. The molecule has 20 heavy (non-hydrogen) atoms. The van der Waals surface area contributed by atoms with E-state index in [1.807, 2.05) is 0 Å². The van der Waals surface area contributed by atoms with E-state index in [-0.39, 0.29) is 0 Å². The van der Waals surface area contributed by atoms with E-state index in [1.54, 1.807) is 0 Å². The Morgan fingerprint density at radius 3 is 2.35 bits per heavy atom. The van der Waals surface area contributed by atoms with Crippen molar-refractivity contribution in [1.82, 2.24) is 10.2 Å². The Morgan fingerprint density at radius 2 is 1.85 bits per heavy atom. The molecule has 1 heterocycles. The summed E-state index contributed by atoms with van der Waals surface area (Å²) >= 11 is 2.15. The van der Waals surface area contributed by atoms with E-state index in [9.17, 15) is 0 Å². The second kappa shape index (κ2) is 8.65. The maximum Gasteiger partial charge on any atom is 0.0149 e. The molecule has 0 amide bonds. The van der Waals surface area contributed by atoms with Crippen LogP contribution in [0.4, 0.5) is 0 Å². The van der Waals surface area contributed by atoms with Crippen LogP contribution in [0.25, 0.3) is 0 Å². The molecule has 0 aromatic carbocycles. The van der Waals surface area contributed by atoms with Gasteiger partial charge in [-0.1, -0.05) is 48.0 Å². The van der Waals surface area contributed by atoms with E-state index in [1.165, 1.54) is 32.5 Å². The molecule has 0 aromatic rings. The summed E-state index contributed by atoms with van der Waals surface area (Å²) < 4.78 is 0. The van der Waals surface area contributed by atoms with Gasteiger partial charge in [-0.15, -0.1) is 0 Å². The minimum absolute atomic E-state index is 0.422. The predicted molar refractivity (Wildman–Crippen MR) is 93.7 cm³/mol. The van der Waals surface area contributed by atoms with Crippen molar-refractivity contribution in [3.05, 3.63) is 0 Å². The van der Waals surface area contributed by atoms with E-state index in [0.717, 1.165) is 29.5 Å². The number of thioether (sulfide) groups is 1. The molecule has 3 heteroatoms. The first kappa shape index (κ1) is 18.3. The Bertz CT molecular complexity index is 260. The maximum atomic E-state index is 3.69. The number of rotatable bonds is 8. The van der Waals surface area contributed by atoms with Gasteiger partial charge in [0.15, 0.2) is 0 Å². The molecule has 0 saturated carbocycles. The lowest BCUT2D eigenvalue weighted by Gasteiger charge is -2.41. The lowest BCUT2D eigenvalue weighted by molar-refractivity contribution is 0.147. The van der Waals surface area contributed by atoms with Crippen LogP contribution in [0.1, 0.15) is 54.4 Å². The normalized spacial score (nSPS) is 27.8. The minimum Gasteiger partial charge on any atom is -0.316 e.